The lowest BCUT2D eigenvalue weighted by molar-refractivity contribution is 0.107. The van der Waals surface area contributed by atoms with E-state index in [0.717, 1.165) is 6.21 Å². The van der Waals surface area contributed by atoms with Crippen LogP contribution in [0.15, 0.2) is 35.4 Å². The van der Waals surface area contributed by atoms with E-state index in [1.54, 1.807) is 24.3 Å². The Morgan fingerprint density at radius 1 is 1.36 bits per heavy atom. The zero-order valence-electron chi connectivity index (χ0n) is 5.90. The molecule has 11 heavy (non-hydrogen) atoms. The minimum atomic E-state index is -0.173. The second-order valence-corrected chi connectivity index (χ2v) is 2.01. The van der Waals surface area contributed by atoms with Crippen molar-refractivity contribution in [2.75, 3.05) is 0 Å². The van der Waals surface area contributed by atoms with E-state index >= 15 is 0 Å². The summed E-state index contributed by atoms with van der Waals surface area (Å²) in [5, 5.41) is 3.14. The van der Waals surface area contributed by atoms with Crippen molar-refractivity contribution in [1.29, 1.82) is 0 Å². The van der Waals surface area contributed by atoms with Gasteiger partial charge in [0.05, 0.1) is 6.21 Å². The molecule has 3 nitrogen and oxygen atoms in total. The first-order chi connectivity index (χ1) is 5.34. The molecule has 0 saturated carbocycles. The minimum absolute atomic E-state index is 0.173. The third-order valence-corrected chi connectivity index (χ3v) is 1.25. The van der Waals surface area contributed by atoms with Crippen LogP contribution in [-0.4, -0.2) is 12.0 Å². The average molecular weight is 148 g/mol. The maximum absolute atomic E-state index is 11.0. The maximum atomic E-state index is 11.0. The van der Waals surface area contributed by atoms with Gasteiger partial charge in [0.1, 0.15) is 0 Å². The van der Waals surface area contributed by atoms with E-state index in [1.165, 1.54) is 0 Å². The molecule has 0 saturated heterocycles. The number of benzene rings is 1. The third kappa shape index (κ3) is 1.89. The van der Waals surface area contributed by atoms with E-state index in [2.05, 4.69) is 5.10 Å². The van der Waals surface area contributed by atoms with E-state index in [4.69, 9.17) is 5.84 Å². The van der Waals surface area contributed by atoms with Crippen LogP contribution in [0.5, 0.6) is 0 Å². The molecule has 1 rings (SSSR count). The van der Waals surface area contributed by atoms with Crippen molar-refractivity contribution in [2.24, 2.45) is 10.9 Å². The quantitative estimate of drug-likeness (QED) is 0.292. The maximum Gasteiger partial charge on any atom is 0.205 e. The summed E-state index contributed by atoms with van der Waals surface area (Å²) >= 11 is 0. The van der Waals surface area contributed by atoms with Gasteiger partial charge in [0.25, 0.3) is 0 Å². The fourth-order valence-electron chi connectivity index (χ4n) is 0.745. The zero-order chi connectivity index (χ0) is 8.10. The summed E-state index contributed by atoms with van der Waals surface area (Å²) in [6, 6.07) is 8.85. The molecule has 1 aromatic rings. The Bertz CT molecular complexity index is 267. The summed E-state index contributed by atoms with van der Waals surface area (Å²) in [6.45, 7) is 0. The summed E-state index contributed by atoms with van der Waals surface area (Å²) in [4.78, 5) is 11.0. The molecule has 0 aromatic heterocycles. The van der Waals surface area contributed by atoms with Crippen molar-refractivity contribution in [3.8, 4) is 0 Å². The molecule has 0 amide bonds. The highest BCUT2D eigenvalue weighted by molar-refractivity contribution is 6.35. The van der Waals surface area contributed by atoms with Gasteiger partial charge in [-0.05, 0) is 0 Å². The van der Waals surface area contributed by atoms with Crippen molar-refractivity contribution in [1.82, 2.24) is 0 Å². The number of carbonyl (C=O) groups is 1. The van der Waals surface area contributed by atoms with Gasteiger partial charge in [0, 0.05) is 5.56 Å². The summed E-state index contributed by atoms with van der Waals surface area (Å²) < 4.78 is 0. The van der Waals surface area contributed by atoms with Gasteiger partial charge in [-0.3, -0.25) is 4.79 Å². The highest BCUT2D eigenvalue weighted by Gasteiger charge is 1.98. The van der Waals surface area contributed by atoms with Crippen LogP contribution in [-0.2, 0) is 0 Å². The highest BCUT2D eigenvalue weighted by atomic mass is 16.1. The molecular formula is C8H8N2O. The SMILES string of the molecule is NN=CC(=O)c1ccccc1. The fraction of sp³-hybridized carbons (Fsp3) is 0. The molecule has 2 N–H and O–H groups in total. The molecule has 0 aliphatic carbocycles. The molecule has 3 heteroatoms. The van der Waals surface area contributed by atoms with Crippen LogP contribution in [0.2, 0.25) is 0 Å². The van der Waals surface area contributed by atoms with Crippen molar-refractivity contribution in [3.05, 3.63) is 35.9 Å². The summed E-state index contributed by atoms with van der Waals surface area (Å²) in [6.07, 6.45) is 1.09. The lowest BCUT2D eigenvalue weighted by atomic mass is 10.1. The van der Waals surface area contributed by atoms with Crippen LogP contribution in [0.3, 0.4) is 0 Å². The Morgan fingerprint density at radius 2 is 2.00 bits per heavy atom. The van der Waals surface area contributed by atoms with Gasteiger partial charge in [0.2, 0.25) is 5.78 Å². The number of carbonyl (C=O) groups excluding carboxylic acids is 1. The van der Waals surface area contributed by atoms with E-state index in [1.807, 2.05) is 6.07 Å². The van der Waals surface area contributed by atoms with Gasteiger partial charge in [-0.1, -0.05) is 30.3 Å². The van der Waals surface area contributed by atoms with Crippen molar-refractivity contribution in [2.45, 2.75) is 0 Å². The Labute approximate surface area is 64.5 Å². The number of hydrogen-bond acceptors (Lipinski definition) is 3. The van der Waals surface area contributed by atoms with E-state index < -0.39 is 0 Å². The molecule has 0 aliphatic rings. The zero-order valence-corrected chi connectivity index (χ0v) is 5.90. The van der Waals surface area contributed by atoms with Crippen LogP contribution in [0.25, 0.3) is 0 Å². The Kier molecular flexibility index (Phi) is 2.38. The van der Waals surface area contributed by atoms with Gasteiger partial charge >= 0.3 is 0 Å². The number of hydrogen-bond donors (Lipinski definition) is 1. The Morgan fingerprint density at radius 3 is 2.55 bits per heavy atom. The molecule has 56 valence electrons. The first kappa shape index (κ1) is 7.47. The van der Waals surface area contributed by atoms with Crippen LogP contribution in [0, 0.1) is 0 Å². The molecule has 0 spiro atoms. The molecule has 0 bridgehead atoms. The number of nitrogens with two attached hydrogens (primary N) is 1. The van der Waals surface area contributed by atoms with Gasteiger partial charge in [-0.2, -0.15) is 5.10 Å². The number of Topliss-reactive ketones (excluding diaryl/α,β-unsaturated/α-hetero) is 1. The van der Waals surface area contributed by atoms with Gasteiger partial charge in [0.15, 0.2) is 0 Å². The van der Waals surface area contributed by atoms with Crippen molar-refractivity contribution in [3.63, 3.8) is 0 Å². The normalized spacial score (nSPS) is 10.2. The number of nitrogens with zero attached hydrogens (tertiary/aromatic N) is 1. The standard InChI is InChI=1S/C8H8N2O/c9-10-6-8(11)7-4-2-1-3-5-7/h1-6H,9H2. The molecule has 0 atom stereocenters. The number of rotatable bonds is 2. The largest absolute Gasteiger partial charge is 0.323 e. The van der Waals surface area contributed by atoms with Crippen LogP contribution in [0.1, 0.15) is 10.4 Å². The van der Waals surface area contributed by atoms with Gasteiger partial charge in [-0.25, -0.2) is 0 Å². The summed E-state index contributed by atoms with van der Waals surface area (Å²) in [7, 11) is 0. The molecular weight excluding hydrogens is 140 g/mol. The highest BCUT2D eigenvalue weighted by Crippen LogP contribution is 1.97. The third-order valence-electron chi connectivity index (χ3n) is 1.25. The Balaban J connectivity index is 2.86. The van der Waals surface area contributed by atoms with E-state index in [9.17, 15) is 4.79 Å². The first-order valence-electron chi connectivity index (χ1n) is 3.17. The monoisotopic (exact) mass is 148 g/mol. The van der Waals surface area contributed by atoms with Crippen LogP contribution in [0.4, 0.5) is 0 Å². The Hall–Kier alpha value is -1.64. The topological polar surface area (TPSA) is 55.4 Å². The molecule has 0 aliphatic heterocycles. The molecule has 0 heterocycles. The summed E-state index contributed by atoms with van der Waals surface area (Å²) in [5.74, 6) is 4.64. The molecule has 1 aromatic carbocycles. The lowest BCUT2D eigenvalue weighted by Crippen LogP contribution is -2.01. The number of hydrazone groups is 1. The van der Waals surface area contributed by atoms with E-state index in [0.29, 0.717) is 5.56 Å². The van der Waals surface area contributed by atoms with E-state index in [-0.39, 0.29) is 5.78 Å². The molecule has 0 radical (unpaired) electrons. The first-order valence-corrected chi connectivity index (χ1v) is 3.17. The van der Waals surface area contributed by atoms with Gasteiger partial charge < -0.3 is 5.84 Å². The predicted molar refractivity (Wildman–Crippen MR) is 43.5 cm³/mol. The minimum Gasteiger partial charge on any atom is -0.323 e. The second kappa shape index (κ2) is 3.51. The van der Waals surface area contributed by atoms with Crippen LogP contribution >= 0.6 is 0 Å². The molecule has 0 fully saturated rings. The van der Waals surface area contributed by atoms with Crippen LogP contribution < -0.4 is 5.84 Å². The molecule has 0 unspecified atom stereocenters. The van der Waals surface area contributed by atoms with Crippen molar-refractivity contribution >= 4 is 12.0 Å². The fourth-order valence-corrected chi connectivity index (χ4v) is 0.745. The average Bonchev–Trinajstić information content (AvgIpc) is 2.07. The lowest BCUT2D eigenvalue weighted by Gasteiger charge is -1.90. The van der Waals surface area contributed by atoms with Gasteiger partial charge in [-0.15, -0.1) is 0 Å². The smallest absolute Gasteiger partial charge is 0.205 e. The van der Waals surface area contributed by atoms with Crippen molar-refractivity contribution < 1.29 is 4.79 Å². The predicted octanol–water partition coefficient (Wildman–Crippen LogP) is 0.814. The second-order valence-electron chi connectivity index (χ2n) is 2.01. The number of ketones is 1. The summed E-state index contributed by atoms with van der Waals surface area (Å²) in [5.41, 5.74) is 0.599.